The summed E-state index contributed by atoms with van der Waals surface area (Å²) in [6.07, 6.45) is 0. The van der Waals surface area contributed by atoms with E-state index >= 15 is 0 Å². The number of nitrogens with one attached hydrogen (secondary N) is 1. The summed E-state index contributed by atoms with van der Waals surface area (Å²) in [7, 11) is -3.77. The van der Waals surface area contributed by atoms with Gasteiger partial charge < -0.3 is 0 Å². The van der Waals surface area contributed by atoms with Crippen LogP contribution in [0.15, 0.2) is 53.4 Å². The second kappa shape index (κ2) is 6.72. The quantitative estimate of drug-likeness (QED) is 0.883. The molecule has 0 saturated heterocycles. The molecule has 0 aliphatic carbocycles. The third kappa shape index (κ3) is 4.30. The van der Waals surface area contributed by atoms with Crippen molar-refractivity contribution >= 4 is 21.6 Å². The maximum Gasteiger partial charge on any atom is 0.241 e. The van der Waals surface area contributed by atoms with Gasteiger partial charge in [0.15, 0.2) is 0 Å². The highest BCUT2D eigenvalue weighted by Gasteiger charge is 2.12. The van der Waals surface area contributed by atoms with Crippen molar-refractivity contribution in [3.05, 3.63) is 64.9 Å². The molecule has 0 atom stereocenters. The first kappa shape index (κ1) is 15.5. The standard InChI is InChI=1S/C15H11ClFNO2S/c16-15-9-2-1-5-12(15)6-4-10-18-21(19,20)14-8-3-7-13(17)11-14/h1-3,5,7-9,11,18H,10H2. The SMILES string of the molecule is O=S(=O)(NCC#Cc1ccccc1Cl)c1cccc(F)c1. The smallest absolute Gasteiger partial charge is 0.207 e. The van der Waals surface area contributed by atoms with Crippen molar-refractivity contribution in [1.29, 1.82) is 0 Å². The topological polar surface area (TPSA) is 46.2 Å². The minimum Gasteiger partial charge on any atom is -0.207 e. The van der Waals surface area contributed by atoms with E-state index in [1.54, 1.807) is 24.3 Å². The van der Waals surface area contributed by atoms with E-state index in [2.05, 4.69) is 16.6 Å². The molecule has 0 spiro atoms. The predicted octanol–water partition coefficient (Wildman–Crippen LogP) is 2.81. The number of hydrogen-bond acceptors (Lipinski definition) is 2. The zero-order valence-electron chi connectivity index (χ0n) is 10.8. The summed E-state index contributed by atoms with van der Waals surface area (Å²) in [5, 5.41) is 0.498. The van der Waals surface area contributed by atoms with Gasteiger partial charge in [-0.05, 0) is 30.3 Å². The van der Waals surface area contributed by atoms with Crippen molar-refractivity contribution in [1.82, 2.24) is 4.72 Å². The molecule has 1 N–H and O–H groups in total. The lowest BCUT2D eigenvalue weighted by Gasteiger charge is -2.03. The Morgan fingerprint density at radius 3 is 2.62 bits per heavy atom. The Morgan fingerprint density at radius 1 is 1.14 bits per heavy atom. The van der Waals surface area contributed by atoms with Gasteiger partial charge in [0.1, 0.15) is 5.82 Å². The molecule has 0 heterocycles. The number of benzene rings is 2. The molecule has 0 amide bonds. The normalized spacial score (nSPS) is 10.8. The molecule has 0 unspecified atom stereocenters. The fourth-order valence-electron chi connectivity index (χ4n) is 1.55. The average Bonchev–Trinajstić information content (AvgIpc) is 2.45. The number of rotatable bonds is 3. The Morgan fingerprint density at radius 2 is 1.90 bits per heavy atom. The summed E-state index contributed by atoms with van der Waals surface area (Å²) >= 11 is 5.92. The van der Waals surface area contributed by atoms with Crippen LogP contribution in [0.5, 0.6) is 0 Å². The molecule has 21 heavy (non-hydrogen) atoms. The summed E-state index contributed by atoms with van der Waals surface area (Å²) in [6.45, 7) is -0.0932. The van der Waals surface area contributed by atoms with Crippen molar-refractivity contribution in [3.63, 3.8) is 0 Å². The molecule has 0 aliphatic heterocycles. The van der Waals surface area contributed by atoms with E-state index in [9.17, 15) is 12.8 Å². The van der Waals surface area contributed by atoms with E-state index in [0.29, 0.717) is 10.6 Å². The Labute approximate surface area is 127 Å². The third-order valence-corrected chi connectivity index (χ3v) is 4.28. The lowest BCUT2D eigenvalue weighted by Crippen LogP contribution is -2.24. The zero-order valence-corrected chi connectivity index (χ0v) is 12.4. The van der Waals surface area contributed by atoms with Crippen molar-refractivity contribution in [2.75, 3.05) is 6.54 Å². The average molecular weight is 324 g/mol. The lowest BCUT2D eigenvalue weighted by molar-refractivity contribution is 0.582. The van der Waals surface area contributed by atoms with E-state index in [0.717, 1.165) is 6.07 Å². The molecule has 0 saturated carbocycles. The molecular formula is C15H11ClFNO2S. The second-order valence-electron chi connectivity index (χ2n) is 4.06. The first-order valence-corrected chi connectivity index (χ1v) is 7.84. The molecule has 0 bridgehead atoms. The van der Waals surface area contributed by atoms with Crippen LogP contribution in [-0.4, -0.2) is 15.0 Å². The molecule has 0 aromatic heterocycles. The van der Waals surface area contributed by atoms with Gasteiger partial charge in [-0.25, -0.2) is 12.8 Å². The molecule has 6 heteroatoms. The van der Waals surface area contributed by atoms with Crippen LogP contribution in [0.3, 0.4) is 0 Å². The highest BCUT2D eigenvalue weighted by molar-refractivity contribution is 7.89. The predicted molar refractivity (Wildman–Crippen MR) is 79.9 cm³/mol. The fourth-order valence-corrected chi connectivity index (χ4v) is 2.69. The Bertz CT molecular complexity index is 810. The van der Waals surface area contributed by atoms with Crippen LogP contribution in [0.2, 0.25) is 5.02 Å². The Hall–Kier alpha value is -1.87. The van der Waals surface area contributed by atoms with Gasteiger partial charge in [-0.1, -0.05) is 41.6 Å². The summed E-state index contributed by atoms with van der Waals surface area (Å²) in [5.41, 5.74) is 0.615. The molecular weight excluding hydrogens is 313 g/mol. The summed E-state index contributed by atoms with van der Waals surface area (Å²) in [5.74, 6) is 4.82. The van der Waals surface area contributed by atoms with Crippen molar-refractivity contribution in [3.8, 4) is 11.8 Å². The molecule has 0 fully saturated rings. The van der Waals surface area contributed by atoms with Gasteiger partial charge in [0.2, 0.25) is 10.0 Å². The van der Waals surface area contributed by atoms with Gasteiger partial charge in [-0.3, -0.25) is 0 Å². The van der Waals surface area contributed by atoms with Crippen molar-refractivity contribution < 1.29 is 12.8 Å². The van der Waals surface area contributed by atoms with Crippen LogP contribution in [0.1, 0.15) is 5.56 Å². The molecule has 0 radical (unpaired) electrons. The van der Waals surface area contributed by atoms with Crippen LogP contribution < -0.4 is 4.72 Å². The van der Waals surface area contributed by atoms with Crippen LogP contribution >= 0.6 is 11.6 Å². The monoisotopic (exact) mass is 323 g/mol. The largest absolute Gasteiger partial charge is 0.241 e. The van der Waals surface area contributed by atoms with Crippen LogP contribution in [0, 0.1) is 17.7 Å². The van der Waals surface area contributed by atoms with E-state index in [1.165, 1.54) is 18.2 Å². The highest BCUT2D eigenvalue weighted by Crippen LogP contribution is 2.13. The summed E-state index contributed by atoms with van der Waals surface area (Å²) < 4.78 is 39.1. The van der Waals surface area contributed by atoms with Gasteiger partial charge in [-0.2, -0.15) is 4.72 Å². The zero-order chi connectivity index (χ0) is 15.3. The Balaban J connectivity index is 2.06. The van der Waals surface area contributed by atoms with Crippen LogP contribution in [0.4, 0.5) is 4.39 Å². The minimum atomic E-state index is -3.77. The maximum absolute atomic E-state index is 13.0. The summed E-state index contributed by atoms with van der Waals surface area (Å²) in [4.78, 5) is -0.137. The Kier molecular flexibility index (Phi) is 4.97. The number of sulfonamides is 1. The van der Waals surface area contributed by atoms with Gasteiger partial charge in [0.25, 0.3) is 0 Å². The van der Waals surface area contributed by atoms with Gasteiger partial charge >= 0.3 is 0 Å². The number of halogens is 2. The van der Waals surface area contributed by atoms with Gasteiger partial charge in [0.05, 0.1) is 16.5 Å². The molecule has 0 aliphatic rings. The molecule has 2 aromatic rings. The molecule has 108 valence electrons. The first-order chi connectivity index (χ1) is 9.99. The number of hydrogen-bond donors (Lipinski definition) is 1. The van der Waals surface area contributed by atoms with Gasteiger partial charge in [-0.15, -0.1) is 0 Å². The van der Waals surface area contributed by atoms with Crippen molar-refractivity contribution in [2.24, 2.45) is 0 Å². The molecule has 3 nitrogen and oxygen atoms in total. The van der Waals surface area contributed by atoms with E-state index in [4.69, 9.17) is 11.6 Å². The highest BCUT2D eigenvalue weighted by atomic mass is 35.5. The van der Waals surface area contributed by atoms with Crippen LogP contribution in [-0.2, 0) is 10.0 Å². The molecule has 2 aromatic carbocycles. The lowest BCUT2D eigenvalue weighted by atomic mass is 10.2. The maximum atomic E-state index is 13.0. The molecule has 2 rings (SSSR count). The van der Waals surface area contributed by atoms with E-state index < -0.39 is 15.8 Å². The van der Waals surface area contributed by atoms with E-state index in [-0.39, 0.29) is 11.4 Å². The fraction of sp³-hybridized carbons (Fsp3) is 0.0667. The van der Waals surface area contributed by atoms with Crippen LogP contribution in [0.25, 0.3) is 0 Å². The van der Waals surface area contributed by atoms with Gasteiger partial charge in [0, 0.05) is 5.56 Å². The second-order valence-corrected chi connectivity index (χ2v) is 6.24. The van der Waals surface area contributed by atoms with E-state index in [1.807, 2.05) is 0 Å². The summed E-state index contributed by atoms with van der Waals surface area (Å²) in [6, 6.07) is 11.8. The minimum absolute atomic E-state index is 0.0932. The first-order valence-electron chi connectivity index (χ1n) is 5.98. The third-order valence-electron chi connectivity index (χ3n) is 2.55. The van der Waals surface area contributed by atoms with Crippen molar-refractivity contribution in [2.45, 2.75) is 4.90 Å².